The zero-order valence-electron chi connectivity index (χ0n) is 16.1. The van der Waals surface area contributed by atoms with Crippen LogP contribution in [-0.4, -0.2) is 55.7 Å². The quantitative estimate of drug-likeness (QED) is 0.574. The molecule has 5 rings (SSSR count). The highest BCUT2D eigenvalue weighted by molar-refractivity contribution is 5.95. The summed E-state index contributed by atoms with van der Waals surface area (Å²) in [6, 6.07) is 5.08. The first-order chi connectivity index (χ1) is 14.6. The van der Waals surface area contributed by atoms with Gasteiger partial charge in [-0.3, -0.25) is 4.79 Å². The van der Waals surface area contributed by atoms with Crippen molar-refractivity contribution in [3.63, 3.8) is 0 Å². The lowest BCUT2D eigenvalue weighted by Gasteiger charge is -2.37. The van der Waals surface area contributed by atoms with E-state index in [1.807, 2.05) is 0 Å². The van der Waals surface area contributed by atoms with Crippen LogP contribution in [0.2, 0.25) is 0 Å². The van der Waals surface area contributed by atoms with E-state index in [0.717, 1.165) is 17.0 Å². The van der Waals surface area contributed by atoms with E-state index in [2.05, 4.69) is 24.5 Å². The molecule has 0 saturated carbocycles. The Balaban J connectivity index is 1.46. The molecule has 8 nitrogen and oxygen atoms in total. The number of piperidine rings is 1. The standard InChI is InChI=1S/C19H15F4N5O3/c1-10-4-13(28-17(26-10)24-9-25-28)12-6-18(20,21)8-27(7-12)16(29)11-2-3-14-15(5-11)31-19(22,23)30-14/h2-5,9,12H,6-8H2,1H3. The molecular formula is C19H15F4N5O3. The van der Waals surface area contributed by atoms with E-state index in [1.165, 1.54) is 16.9 Å². The zero-order chi connectivity index (χ0) is 22.0. The molecule has 162 valence electrons. The fourth-order valence-corrected chi connectivity index (χ4v) is 3.97. The Kier molecular flexibility index (Phi) is 4.11. The first-order valence-corrected chi connectivity index (χ1v) is 9.34. The van der Waals surface area contributed by atoms with E-state index in [-0.39, 0.29) is 29.4 Å². The molecule has 0 aliphatic carbocycles. The number of carbonyl (C=O) groups excluding carboxylic acids is 1. The number of amides is 1. The minimum Gasteiger partial charge on any atom is -0.395 e. The van der Waals surface area contributed by atoms with Gasteiger partial charge >= 0.3 is 6.29 Å². The third-order valence-corrected chi connectivity index (χ3v) is 5.17. The number of alkyl halides is 4. The van der Waals surface area contributed by atoms with Crippen molar-refractivity contribution in [2.45, 2.75) is 31.5 Å². The number of hydrogen-bond acceptors (Lipinski definition) is 6. The molecule has 31 heavy (non-hydrogen) atoms. The first kappa shape index (κ1) is 19.5. The van der Waals surface area contributed by atoms with Gasteiger partial charge in [0.2, 0.25) is 0 Å². The third-order valence-electron chi connectivity index (χ3n) is 5.17. The summed E-state index contributed by atoms with van der Waals surface area (Å²) >= 11 is 0. The maximum absolute atomic E-state index is 14.6. The fraction of sp³-hybridized carbons (Fsp3) is 0.368. The lowest BCUT2D eigenvalue weighted by molar-refractivity contribution is -0.286. The van der Waals surface area contributed by atoms with Crippen molar-refractivity contribution >= 4 is 11.7 Å². The molecule has 0 spiro atoms. The smallest absolute Gasteiger partial charge is 0.395 e. The van der Waals surface area contributed by atoms with Gasteiger partial charge in [-0.05, 0) is 31.2 Å². The summed E-state index contributed by atoms with van der Waals surface area (Å²) in [6.07, 6.45) is -3.05. The van der Waals surface area contributed by atoms with Crippen molar-refractivity contribution in [2.24, 2.45) is 0 Å². The van der Waals surface area contributed by atoms with E-state index in [4.69, 9.17) is 0 Å². The average molecular weight is 437 g/mol. The molecule has 0 radical (unpaired) electrons. The molecule has 0 bridgehead atoms. The van der Waals surface area contributed by atoms with Crippen LogP contribution in [0.5, 0.6) is 11.5 Å². The summed E-state index contributed by atoms with van der Waals surface area (Å²) in [5.74, 6) is -4.91. The summed E-state index contributed by atoms with van der Waals surface area (Å²) in [7, 11) is 0. The Bertz CT molecular complexity index is 1200. The normalized spacial score (nSPS) is 21.5. The highest BCUT2D eigenvalue weighted by Gasteiger charge is 2.45. The van der Waals surface area contributed by atoms with Crippen molar-refractivity contribution in [1.29, 1.82) is 0 Å². The van der Waals surface area contributed by atoms with Crippen molar-refractivity contribution in [2.75, 3.05) is 13.1 Å². The molecule has 1 saturated heterocycles. The number of halogens is 4. The third kappa shape index (κ3) is 3.51. The molecule has 4 heterocycles. The van der Waals surface area contributed by atoms with Gasteiger partial charge in [-0.1, -0.05) is 0 Å². The topological polar surface area (TPSA) is 81.9 Å². The molecule has 1 fully saturated rings. The van der Waals surface area contributed by atoms with E-state index in [9.17, 15) is 22.4 Å². The Morgan fingerprint density at radius 1 is 1.16 bits per heavy atom. The number of likely N-dealkylation sites (tertiary alicyclic amines) is 1. The summed E-state index contributed by atoms with van der Waals surface area (Å²) in [5, 5.41) is 4.06. The first-order valence-electron chi connectivity index (χ1n) is 9.34. The minimum absolute atomic E-state index is 0.0164. The highest BCUT2D eigenvalue weighted by Crippen LogP contribution is 2.42. The van der Waals surface area contributed by atoms with Gasteiger partial charge in [0, 0.05) is 30.1 Å². The molecule has 2 aromatic heterocycles. The summed E-state index contributed by atoms with van der Waals surface area (Å²) in [5.41, 5.74) is 0.981. The van der Waals surface area contributed by atoms with Gasteiger partial charge in [-0.15, -0.1) is 8.78 Å². The number of fused-ring (bicyclic) bond motifs is 2. The van der Waals surface area contributed by atoms with Crippen molar-refractivity contribution < 1.29 is 31.8 Å². The number of aromatic nitrogens is 4. The SMILES string of the molecule is Cc1cc(C2CN(C(=O)c3ccc4c(c3)OC(F)(F)O4)CC(F)(F)C2)n2ncnc2n1. The molecule has 2 aliphatic rings. The van der Waals surface area contributed by atoms with Crippen molar-refractivity contribution in [1.82, 2.24) is 24.5 Å². The Morgan fingerprint density at radius 3 is 2.74 bits per heavy atom. The molecule has 12 heteroatoms. The van der Waals surface area contributed by atoms with E-state index >= 15 is 0 Å². The van der Waals surface area contributed by atoms with Crippen LogP contribution in [0.1, 0.15) is 34.1 Å². The maximum Gasteiger partial charge on any atom is 0.586 e. The minimum atomic E-state index is -3.84. The highest BCUT2D eigenvalue weighted by atomic mass is 19.3. The van der Waals surface area contributed by atoms with Crippen molar-refractivity contribution in [3.8, 4) is 11.5 Å². The molecule has 1 atom stereocenters. The van der Waals surface area contributed by atoms with E-state index < -0.39 is 37.0 Å². The number of rotatable bonds is 2. The summed E-state index contributed by atoms with van der Waals surface area (Å²) in [6.45, 7) is 0.902. The number of hydrogen-bond donors (Lipinski definition) is 0. The largest absolute Gasteiger partial charge is 0.586 e. The summed E-state index contributed by atoms with van der Waals surface area (Å²) < 4.78 is 65.8. The average Bonchev–Trinajstić information content (AvgIpc) is 3.26. The number of carbonyl (C=O) groups is 1. The van der Waals surface area contributed by atoms with Gasteiger partial charge in [0.15, 0.2) is 11.5 Å². The monoisotopic (exact) mass is 437 g/mol. The Hall–Kier alpha value is -3.44. The zero-order valence-corrected chi connectivity index (χ0v) is 16.1. The second kappa shape index (κ2) is 6.53. The Labute approximate surface area is 172 Å². The van der Waals surface area contributed by atoms with Crippen LogP contribution in [0.15, 0.2) is 30.6 Å². The van der Waals surface area contributed by atoms with Crippen LogP contribution >= 0.6 is 0 Å². The van der Waals surface area contributed by atoms with Crippen molar-refractivity contribution in [3.05, 3.63) is 47.5 Å². The predicted molar refractivity (Wildman–Crippen MR) is 96.4 cm³/mol. The van der Waals surface area contributed by atoms with Gasteiger partial charge in [-0.25, -0.2) is 18.3 Å². The van der Waals surface area contributed by atoms with Gasteiger partial charge in [-0.2, -0.15) is 10.1 Å². The fourth-order valence-electron chi connectivity index (χ4n) is 3.97. The van der Waals surface area contributed by atoms with Crippen LogP contribution in [0.4, 0.5) is 17.6 Å². The number of benzene rings is 1. The van der Waals surface area contributed by atoms with Crippen LogP contribution in [0.3, 0.4) is 0 Å². The number of ether oxygens (including phenoxy) is 2. The number of nitrogens with zero attached hydrogens (tertiary/aromatic N) is 5. The summed E-state index contributed by atoms with van der Waals surface area (Å²) in [4.78, 5) is 22.2. The van der Waals surface area contributed by atoms with Gasteiger partial charge in [0.25, 0.3) is 17.6 Å². The Morgan fingerprint density at radius 2 is 1.94 bits per heavy atom. The molecule has 1 aromatic carbocycles. The van der Waals surface area contributed by atoms with E-state index in [1.54, 1.807) is 13.0 Å². The predicted octanol–water partition coefficient (Wildman–Crippen LogP) is 3.02. The second-order valence-corrected chi connectivity index (χ2v) is 7.57. The molecule has 0 N–H and O–H groups in total. The molecule has 2 aliphatic heterocycles. The van der Waals surface area contributed by atoms with Gasteiger partial charge < -0.3 is 14.4 Å². The molecular weight excluding hydrogens is 422 g/mol. The van der Waals surface area contributed by atoms with Crippen LogP contribution < -0.4 is 9.47 Å². The van der Waals surface area contributed by atoms with Crippen LogP contribution in [-0.2, 0) is 0 Å². The molecule has 1 amide bonds. The van der Waals surface area contributed by atoms with E-state index in [0.29, 0.717) is 11.4 Å². The molecule has 1 unspecified atom stereocenters. The van der Waals surface area contributed by atoms with Crippen LogP contribution in [0, 0.1) is 6.92 Å². The van der Waals surface area contributed by atoms with Gasteiger partial charge in [0.05, 0.1) is 12.2 Å². The molecule has 3 aromatic rings. The lowest BCUT2D eigenvalue weighted by Crippen LogP contribution is -2.49. The maximum atomic E-state index is 14.6. The number of aryl methyl sites for hydroxylation is 1. The van der Waals surface area contributed by atoms with Gasteiger partial charge in [0.1, 0.15) is 6.33 Å². The van der Waals surface area contributed by atoms with Crippen LogP contribution in [0.25, 0.3) is 5.78 Å². The lowest BCUT2D eigenvalue weighted by atomic mass is 9.91. The second-order valence-electron chi connectivity index (χ2n) is 7.57.